The van der Waals surface area contributed by atoms with Gasteiger partial charge >= 0.3 is 0 Å². The Bertz CT molecular complexity index is 611. The van der Waals surface area contributed by atoms with E-state index in [0.29, 0.717) is 10.7 Å². The lowest BCUT2D eigenvalue weighted by atomic mass is 10.1. The molecule has 0 aliphatic heterocycles. The average Bonchev–Trinajstić information content (AvgIpc) is 2.34. The van der Waals surface area contributed by atoms with Crippen molar-refractivity contribution in [2.75, 3.05) is 5.32 Å². The van der Waals surface area contributed by atoms with Crippen LogP contribution in [0.2, 0.25) is 5.02 Å². The number of carbonyl (C=O) groups is 1. The van der Waals surface area contributed by atoms with E-state index >= 15 is 0 Å². The first kappa shape index (κ1) is 13.1. The topological polar surface area (TPSA) is 42.0 Å². The molecule has 18 heavy (non-hydrogen) atoms. The van der Waals surface area contributed by atoms with Crippen LogP contribution in [0.15, 0.2) is 24.4 Å². The summed E-state index contributed by atoms with van der Waals surface area (Å²) in [5.41, 5.74) is 2.34. The van der Waals surface area contributed by atoms with E-state index in [9.17, 15) is 4.79 Å². The molecule has 0 bridgehead atoms. The predicted molar refractivity (Wildman–Crippen MR) is 75.4 cm³/mol. The number of aromatic nitrogens is 1. The SMILES string of the molecule is Cc1cc(Cl)c(NC(=O)C(C)Cl)c2cccnc12. The molecular weight excluding hydrogens is 271 g/mol. The smallest absolute Gasteiger partial charge is 0.242 e. The Labute approximate surface area is 115 Å². The van der Waals surface area contributed by atoms with Crippen LogP contribution in [0.4, 0.5) is 5.69 Å². The maximum absolute atomic E-state index is 11.7. The molecule has 1 N–H and O–H groups in total. The Morgan fingerprint density at radius 3 is 2.89 bits per heavy atom. The first-order valence-corrected chi connectivity index (χ1v) is 6.31. The fourth-order valence-corrected chi connectivity index (χ4v) is 2.10. The molecule has 5 heteroatoms. The summed E-state index contributed by atoms with van der Waals surface area (Å²) in [4.78, 5) is 16.0. The highest BCUT2D eigenvalue weighted by atomic mass is 35.5. The van der Waals surface area contributed by atoms with Gasteiger partial charge in [-0.05, 0) is 37.6 Å². The molecule has 2 aromatic rings. The maximum atomic E-state index is 11.7. The zero-order valence-electron chi connectivity index (χ0n) is 10.00. The summed E-state index contributed by atoms with van der Waals surface area (Å²) in [6.07, 6.45) is 1.71. The Balaban J connectivity index is 2.59. The maximum Gasteiger partial charge on any atom is 0.242 e. The van der Waals surface area contributed by atoms with E-state index in [-0.39, 0.29) is 5.91 Å². The summed E-state index contributed by atoms with van der Waals surface area (Å²) >= 11 is 11.9. The minimum absolute atomic E-state index is 0.285. The van der Waals surface area contributed by atoms with Crippen molar-refractivity contribution >= 4 is 45.7 Å². The Hall–Kier alpha value is -1.32. The van der Waals surface area contributed by atoms with Gasteiger partial charge in [-0.3, -0.25) is 9.78 Å². The largest absolute Gasteiger partial charge is 0.323 e. The van der Waals surface area contributed by atoms with Crippen LogP contribution >= 0.6 is 23.2 Å². The average molecular weight is 283 g/mol. The third-order valence-electron chi connectivity index (χ3n) is 2.64. The van der Waals surface area contributed by atoms with Crippen LogP contribution < -0.4 is 5.32 Å². The fraction of sp³-hybridized carbons (Fsp3) is 0.231. The summed E-state index contributed by atoms with van der Waals surface area (Å²) < 4.78 is 0. The molecular formula is C13H12Cl2N2O. The van der Waals surface area contributed by atoms with E-state index in [1.807, 2.05) is 13.0 Å². The third kappa shape index (κ3) is 2.42. The second-order valence-electron chi connectivity index (χ2n) is 4.06. The zero-order chi connectivity index (χ0) is 13.3. The quantitative estimate of drug-likeness (QED) is 0.852. The Morgan fingerprint density at radius 1 is 1.50 bits per heavy atom. The number of anilines is 1. The minimum atomic E-state index is -0.617. The summed E-state index contributed by atoms with van der Waals surface area (Å²) in [6, 6.07) is 5.46. The number of nitrogens with one attached hydrogen (secondary N) is 1. The lowest BCUT2D eigenvalue weighted by Crippen LogP contribution is -2.20. The second kappa shape index (κ2) is 5.12. The first-order chi connectivity index (χ1) is 8.50. The van der Waals surface area contributed by atoms with Gasteiger partial charge in [0.05, 0.1) is 16.2 Å². The van der Waals surface area contributed by atoms with Crippen molar-refractivity contribution in [1.29, 1.82) is 0 Å². The van der Waals surface area contributed by atoms with Gasteiger partial charge in [-0.15, -0.1) is 11.6 Å². The van der Waals surface area contributed by atoms with Crippen molar-refractivity contribution in [3.05, 3.63) is 35.0 Å². The van der Waals surface area contributed by atoms with Crippen LogP contribution in [0.3, 0.4) is 0 Å². The number of pyridine rings is 1. The number of carbonyl (C=O) groups excluding carboxylic acids is 1. The van der Waals surface area contributed by atoms with Crippen LogP contribution in [0.5, 0.6) is 0 Å². The molecule has 0 aliphatic carbocycles. The predicted octanol–water partition coefficient (Wildman–Crippen LogP) is 3.76. The molecule has 0 fully saturated rings. The number of hydrogen-bond donors (Lipinski definition) is 1. The molecule has 0 radical (unpaired) electrons. The number of amides is 1. The van der Waals surface area contributed by atoms with Gasteiger partial charge in [0.25, 0.3) is 0 Å². The molecule has 0 saturated carbocycles. The number of fused-ring (bicyclic) bond motifs is 1. The fourth-order valence-electron chi connectivity index (χ4n) is 1.73. The Kier molecular flexibility index (Phi) is 3.73. The summed E-state index contributed by atoms with van der Waals surface area (Å²) in [5, 5.41) is 3.42. The van der Waals surface area contributed by atoms with Crippen molar-refractivity contribution in [2.24, 2.45) is 0 Å². The van der Waals surface area contributed by atoms with E-state index in [2.05, 4.69) is 10.3 Å². The van der Waals surface area contributed by atoms with Crippen molar-refractivity contribution in [3.63, 3.8) is 0 Å². The minimum Gasteiger partial charge on any atom is -0.323 e. The van der Waals surface area contributed by atoms with Gasteiger partial charge in [-0.1, -0.05) is 11.6 Å². The highest BCUT2D eigenvalue weighted by Crippen LogP contribution is 2.32. The molecule has 1 unspecified atom stereocenters. The van der Waals surface area contributed by atoms with Gasteiger partial charge in [-0.25, -0.2) is 0 Å². The lowest BCUT2D eigenvalue weighted by Gasteiger charge is -2.12. The number of nitrogens with zero attached hydrogens (tertiary/aromatic N) is 1. The van der Waals surface area contributed by atoms with Gasteiger partial charge in [0.2, 0.25) is 5.91 Å². The van der Waals surface area contributed by atoms with Gasteiger partial charge in [-0.2, -0.15) is 0 Å². The molecule has 1 aromatic carbocycles. The standard InChI is InChI=1S/C13H12Cl2N2O/c1-7-6-10(15)12(17-13(18)8(2)14)9-4-3-5-16-11(7)9/h3-6,8H,1-2H3,(H,17,18). The van der Waals surface area contributed by atoms with Gasteiger partial charge in [0, 0.05) is 11.6 Å². The van der Waals surface area contributed by atoms with E-state index in [1.54, 1.807) is 25.3 Å². The van der Waals surface area contributed by atoms with Crippen LogP contribution in [0.25, 0.3) is 10.9 Å². The number of hydrogen-bond acceptors (Lipinski definition) is 2. The van der Waals surface area contributed by atoms with Crippen LogP contribution in [0, 0.1) is 6.92 Å². The molecule has 1 amide bonds. The molecule has 2 rings (SSSR count). The number of benzene rings is 1. The molecule has 0 aliphatic rings. The molecule has 1 heterocycles. The molecule has 0 spiro atoms. The number of halogens is 2. The second-order valence-corrected chi connectivity index (χ2v) is 5.12. The molecule has 1 atom stereocenters. The summed E-state index contributed by atoms with van der Waals surface area (Å²) in [5.74, 6) is -0.285. The van der Waals surface area contributed by atoms with E-state index in [1.165, 1.54) is 0 Å². The van der Waals surface area contributed by atoms with Crippen molar-refractivity contribution < 1.29 is 4.79 Å². The van der Waals surface area contributed by atoms with E-state index in [4.69, 9.17) is 23.2 Å². The number of rotatable bonds is 2. The van der Waals surface area contributed by atoms with Gasteiger partial charge < -0.3 is 5.32 Å². The van der Waals surface area contributed by atoms with Gasteiger partial charge in [0.1, 0.15) is 5.38 Å². The normalized spacial score (nSPS) is 12.4. The van der Waals surface area contributed by atoms with E-state index in [0.717, 1.165) is 16.5 Å². The molecule has 3 nitrogen and oxygen atoms in total. The lowest BCUT2D eigenvalue weighted by molar-refractivity contribution is -0.115. The Morgan fingerprint density at radius 2 is 2.22 bits per heavy atom. The number of aryl methyl sites for hydroxylation is 1. The third-order valence-corrected chi connectivity index (χ3v) is 3.14. The highest BCUT2D eigenvalue weighted by Gasteiger charge is 2.15. The summed E-state index contributed by atoms with van der Waals surface area (Å²) in [7, 11) is 0. The molecule has 0 saturated heterocycles. The number of alkyl halides is 1. The van der Waals surface area contributed by atoms with Crippen molar-refractivity contribution in [2.45, 2.75) is 19.2 Å². The van der Waals surface area contributed by atoms with E-state index < -0.39 is 5.38 Å². The summed E-state index contributed by atoms with van der Waals surface area (Å²) in [6.45, 7) is 3.54. The first-order valence-electron chi connectivity index (χ1n) is 5.49. The molecule has 94 valence electrons. The zero-order valence-corrected chi connectivity index (χ0v) is 11.5. The van der Waals surface area contributed by atoms with Crippen LogP contribution in [-0.4, -0.2) is 16.3 Å². The van der Waals surface area contributed by atoms with Crippen molar-refractivity contribution in [3.8, 4) is 0 Å². The monoisotopic (exact) mass is 282 g/mol. The van der Waals surface area contributed by atoms with Crippen LogP contribution in [0.1, 0.15) is 12.5 Å². The van der Waals surface area contributed by atoms with Crippen LogP contribution in [-0.2, 0) is 4.79 Å². The molecule has 1 aromatic heterocycles. The highest BCUT2D eigenvalue weighted by molar-refractivity contribution is 6.37. The van der Waals surface area contributed by atoms with Crippen molar-refractivity contribution in [1.82, 2.24) is 4.98 Å². The van der Waals surface area contributed by atoms with Gasteiger partial charge in [0.15, 0.2) is 0 Å².